The normalized spacial score (nSPS) is 24.7. The number of likely N-dealkylation sites (tertiary alicyclic amines) is 1. The van der Waals surface area contributed by atoms with Gasteiger partial charge in [-0.1, -0.05) is 55.4 Å². The highest BCUT2D eigenvalue weighted by atomic mass is 32.1. The Balaban J connectivity index is 0.608. The number of benzene rings is 2. The number of phenolic OH excluding ortho intramolecular Hbond substituents is 1. The zero-order valence-corrected chi connectivity index (χ0v) is 46.3. The van der Waals surface area contributed by atoms with Crippen molar-refractivity contribution in [1.29, 1.82) is 0 Å². The molecule has 20 heteroatoms. The van der Waals surface area contributed by atoms with Gasteiger partial charge in [-0.25, -0.2) is 9.97 Å². The number of phenols is 1. The number of para-hydroxylation sites is 1. The van der Waals surface area contributed by atoms with E-state index < -0.39 is 18.1 Å². The number of aryl methyl sites for hydroxylation is 1. The van der Waals surface area contributed by atoms with Crippen molar-refractivity contribution >= 4 is 46.2 Å². The Morgan fingerprint density at radius 2 is 1.70 bits per heavy atom. The van der Waals surface area contributed by atoms with Gasteiger partial charge in [-0.05, 0) is 99.6 Å². The molecule has 416 valence electrons. The third-order valence-corrected chi connectivity index (χ3v) is 18.5. The van der Waals surface area contributed by atoms with Gasteiger partial charge in [0.05, 0.1) is 51.8 Å². The number of aliphatic hydroxyl groups excluding tert-OH is 1. The molecular formula is C59H72N12O7S. The van der Waals surface area contributed by atoms with Gasteiger partial charge in [0.15, 0.2) is 17.4 Å². The molecule has 1 aliphatic carbocycles. The molecule has 4 aromatic heterocycles. The van der Waals surface area contributed by atoms with Crippen molar-refractivity contribution in [3.05, 3.63) is 102 Å². The molecule has 12 rings (SSSR count). The summed E-state index contributed by atoms with van der Waals surface area (Å²) in [5.41, 5.74) is 14.2. The number of nitrogens with one attached hydrogen (secondary N) is 1. The summed E-state index contributed by atoms with van der Waals surface area (Å²) in [6, 6.07) is 22.8. The minimum Gasteiger partial charge on any atom is -0.507 e. The van der Waals surface area contributed by atoms with Crippen molar-refractivity contribution in [2.75, 3.05) is 79.4 Å². The Bertz CT molecular complexity index is 3130. The number of aliphatic hydroxyl groups is 1. The lowest BCUT2D eigenvalue weighted by Gasteiger charge is -2.49. The molecule has 2 bridgehead atoms. The highest BCUT2D eigenvalue weighted by Gasteiger charge is 2.46. The number of thiazole rings is 1. The summed E-state index contributed by atoms with van der Waals surface area (Å²) in [4.78, 5) is 49.7. The Hall–Kier alpha value is -6.87. The second-order valence-electron chi connectivity index (χ2n) is 23.2. The molecule has 5 aliphatic heterocycles. The number of carbonyl (C=O) groups excluding carboxylic acids is 2. The van der Waals surface area contributed by atoms with Crippen LogP contribution in [0.2, 0.25) is 0 Å². The maximum atomic E-state index is 14.5. The van der Waals surface area contributed by atoms with Gasteiger partial charge in [-0.2, -0.15) is 0 Å². The molecule has 6 aromatic rings. The molecule has 19 nitrogen and oxygen atoms in total. The van der Waals surface area contributed by atoms with Crippen LogP contribution in [0.25, 0.3) is 21.7 Å². The van der Waals surface area contributed by atoms with E-state index in [9.17, 15) is 19.8 Å². The van der Waals surface area contributed by atoms with Crippen LogP contribution in [0.15, 0.2) is 89.0 Å². The first kappa shape index (κ1) is 52.8. The highest BCUT2D eigenvalue weighted by molar-refractivity contribution is 7.13. The average Bonchev–Trinajstić information content (AvgIpc) is 4.43. The highest BCUT2D eigenvalue weighted by Crippen LogP contribution is 2.42. The number of piperidine rings is 1. The second kappa shape index (κ2) is 22.0. The molecule has 6 atom stereocenters. The van der Waals surface area contributed by atoms with Gasteiger partial charge in [0.1, 0.15) is 23.8 Å². The Kier molecular flexibility index (Phi) is 14.7. The molecule has 5 N–H and O–H groups in total. The van der Waals surface area contributed by atoms with Crippen LogP contribution >= 0.6 is 11.3 Å². The monoisotopic (exact) mass is 1090 g/mol. The van der Waals surface area contributed by atoms with E-state index in [1.807, 2.05) is 87.9 Å². The molecule has 6 aliphatic rings. The van der Waals surface area contributed by atoms with Crippen LogP contribution in [-0.2, 0) is 14.3 Å². The number of nitrogen functional groups attached to an aromatic ring is 1. The van der Waals surface area contributed by atoms with Gasteiger partial charge in [-0.3, -0.25) is 14.5 Å². The molecule has 79 heavy (non-hydrogen) atoms. The number of carbonyl (C=O) groups is 2. The quantitative estimate of drug-likeness (QED) is 0.0797. The number of morpholine rings is 1. The number of ether oxygens (including phenoxy) is 2. The van der Waals surface area contributed by atoms with Gasteiger partial charge >= 0.3 is 0 Å². The summed E-state index contributed by atoms with van der Waals surface area (Å²) in [7, 11) is 0. The lowest BCUT2D eigenvalue weighted by Crippen LogP contribution is -2.58. The number of β-amino-alcohol motifs (C(OH)–C–C–N with tert-alkyl or cyclic N) is 1. The van der Waals surface area contributed by atoms with Gasteiger partial charge in [-0.15, -0.1) is 21.5 Å². The molecule has 2 aromatic carbocycles. The topological polar surface area (TPSA) is 225 Å². The van der Waals surface area contributed by atoms with Crippen LogP contribution in [0.3, 0.4) is 0 Å². The van der Waals surface area contributed by atoms with Crippen LogP contribution in [0.1, 0.15) is 94.7 Å². The third kappa shape index (κ3) is 10.8. The van der Waals surface area contributed by atoms with Crippen LogP contribution in [-0.4, -0.2) is 152 Å². The van der Waals surface area contributed by atoms with Gasteiger partial charge in [0, 0.05) is 100 Å². The van der Waals surface area contributed by atoms with Crippen LogP contribution in [0.4, 0.5) is 23.0 Å². The van der Waals surface area contributed by atoms with Crippen LogP contribution in [0.5, 0.6) is 11.6 Å². The van der Waals surface area contributed by atoms with Crippen molar-refractivity contribution in [3.63, 3.8) is 0 Å². The standard InChI is InChI=1S/C59H72N12O7S/c1-35(2)54(58(75)70-32-44(72)26-49(70)57(74)63-36(3)39-9-11-40(12-10-39)55-37(4)62-34-79-55)51-28-52(66-78-51)68-19-16-59(17-20-68)33-67(21-22-76-59)29-38-23-45(24-38)77-53-25-41(15-18-61-53)71-42-13-14-43(71)31-69(30-42)48-27-47(64-65-56(48)60)46-7-5-6-8-50(46)73/h5-12,15,18,25,27-28,34-36,38,42-45,49,54,72-73H,13-14,16-17,19-24,26,29-33H2,1-4H3,(H2,60,65)(H,63,74)/t36-,38?,42+,43?,44+,45?,49-,54+/m0/s1. The number of hydrogen-bond donors (Lipinski definition) is 4. The summed E-state index contributed by atoms with van der Waals surface area (Å²) in [5, 5.41) is 37.5. The number of nitrogens with two attached hydrogens (primary N) is 1. The van der Waals surface area contributed by atoms with E-state index in [2.05, 4.69) is 62.4 Å². The fourth-order valence-corrected chi connectivity index (χ4v) is 14.1. The van der Waals surface area contributed by atoms with Crippen molar-refractivity contribution in [2.24, 2.45) is 11.8 Å². The van der Waals surface area contributed by atoms with Gasteiger partial charge < -0.3 is 54.9 Å². The van der Waals surface area contributed by atoms with E-state index in [0.717, 1.165) is 117 Å². The molecule has 1 spiro atoms. The fourth-order valence-electron chi connectivity index (χ4n) is 13.3. The number of aromatic hydroxyl groups is 1. The van der Waals surface area contributed by atoms with Crippen molar-refractivity contribution < 1.29 is 33.8 Å². The number of amides is 2. The number of fused-ring (bicyclic) bond motifs is 2. The number of hydrogen-bond acceptors (Lipinski definition) is 18. The SMILES string of the molecule is Cc1ncsc1-c1ccc([C@H](C)NC(=O)[C@@H]2C[C@@H](O)CN2C(=O)[C@@H](c2cc(N3CCC4(CC3)CN(CC3CC(Oc5cc(N6C7CC[C@@H]6CN(c6cc(-c8ccccc8O)nnc6N)C7)ccn5)C3)CCO4)no2)C(C)C)cc1. The zero-order chi connectivity index (χ0) is 54.5. The minimum absolute atomic E-state index is 0.0714. The zero-order valence-electron chi connectivity index (χ0n) is 45.5. The van der Waals surface area contributed by atoms with Crippen LogP contribution in [0, 0.1) is 18.8 Å². The van der Waals surface area contributed by atoms with E-state index in [1.54, 1.807) is 23.5 Å². The van der Waals surface area contributed by atoms with E-state index in [0.29, 0.717) is 59.1 Å². The molecular weight excluding hydrogens is 1020 g/mol. The molecule has 9 heterocycles. The third-order valence-electron chi connectivity index (χ3n) is 17.5. The van der Waals surface area contributed by atoms with Crippen molar-refractivity contribution in [3.8, 4) is 33.3 Å². The number of piperazine rings is 1. The van der Waals surface area contributed by atoms with Gasteiger partial charge in [0.25, 0.3) is 0 Å². The fraction of sp³-hybridized carbons (Fsp3) is 0.508. The van der Waals surface area contributed by atoms with Crippen LogP contribution < -0.4 is 30.5 Å². The Labute approximate surface area is 465 Å². The molecule has 1 unspecified atom stereocenters. The second-order valence-corrected chi connectivity index (χ2v) is 24.1. The van der Waals surface area contributed by atoms with E-state index >= 15 is 0 Å². The first-order chi connectivity index (χ1) is 38.2. The summed E-state index contributed by atoms with van der Waals surface area (Å²) in [6.45, 7) is 14.5. The lowest BCUT2D eigenvalue weighted by atomic mass is 9.81. The predicted molar refractivity (Wildman–Crippen MR) is 302 cm³/mol. The van der Waals surface area contributed by atoms with Crippen molar-refractivity contribution in [1.82, 2.24) is 40.4 Å². The van der Waals surface area contributed by atoms with Gasteiger partial charge in [0.2, 0.25) is 17.7 Å². The van der Waals surface area contributed by atoms with E-state index in [4.69, 9.17) is 19.7 Å². The smallest absolute Gasteiger partial charge is 0.243 e. The number of anilines is 4. The first-order valence-corrected chi connectivity index (χ1v) is 29.1. The summed E-state index contributed by atoms with van der Waals surface area (Å²) in [6.07, 6.45) is 7.16. The first-order valence-electron chi connectivity index (χ1n) is 28.2. The number of nitrogens with zero attached hydrogens (tertiary/aromatic N) is 10. The number of aromatic nitrogens is 5. The van der Waals surface area contributed by atoms with E-state index in [-0.39, 0.29) is 54.2 Å². The number of rotatable bonds is 15. The largest absolute Gasteiger partial charge is 0.507 e. The summed E-state index contributed by atoms with van der Waals surface area (Å²) in [5.74, 6) is 1.54. The molecule has 0 radical (unpaired) electrons. The summed E-state index contributed by atoms with van der Waals surface area (Å²) < 4.78 is 19.1. The number of pyridine rings is 1. The maximum Gasteiger partial charge on any atom is 0.243 e. The summed E-state index contributed by atoms with van der Waals surface area (Å²) >= 11 is 1.60. The molecule has 6 fully saturated rings. The predicted octanol–water partition coefficient (Wildman–Crippen LogP) is 7.21. The maximum absolute atomic E-state index is 14.5. The molecule has 1 saturated carbocycles. The van der Waals surface area contributed by atoms with Crippen molar-refractivity contribution in [2.45, 2.75) is 121 Å². The molecule has 5 saturated heterocycles. The molecule has 2 amide bonds. The Morgan fingerprint density at radius 1 is 0.924 bits per heavy atom. The lowest BCUT2D eigenvalue weighted by molar-refractivity contribution is -0.141. The Morgan fingerprint density at radius 3 is 2.43 bits per heavy atom. The average molecular weight is 1090 g/mol. The minimum atomic E-state index is -0.816. The van der Waals surface area contributed by atoms with E-state index in [1.165, 1.54) is 4.90 Å².